The molecule has 0 aromatic rings. The van der Waals surface area contributed by atoms with Gasteiger partial charge >= 0.3 is 12.0 Å². The summed E-state index contributed by atoms with van der Waals surface area (Å²) in [5.74, 6) is -0.603. The van der Waals surface area contributed by atoms with E-state index in [9.17, 15) is 14.7 Å². The van der Waals surface area contributed by atoms with E-state index < -0.39 is 11.4 Å². The van der Waals surface area contributed by atoms with Gasteiger partial charge in [0, 0.05) is 26.2 Å². The third-order valence-corrected chi connectivity index (χ3v) is 5.28. The Kier molecular flexibility index (Phi) is 5.67. The molecule has 0 bridgehead atoms. The van der Waals surface area contributed by atoms with E-state index in [2.05, 4.69) is 24.1 Å². The number of nitrogens with zero attached hydrogens (tertiary/aromatic N) is 2. The van der Waals surface area contributed by atoms with Gasteiger partial charge in [-0.05, 0) is 38.3 Å². The van der Waals surface area contributed by atoms with Crippen molar-refractivity contribution in [3.8, 4) is 0 Å². The molecular formula is C16H29N3O3. The van der Waals surface area contributed by atoms with E-state index in [-0.39, 0.29) is 11.9 Å². The van der Waals surface area contributed by atoms with E-state index in [1.54, 1.807) is 4.90 Å². The van der Waals surface area contributed by atoms with Crippen molar-refractivity contribution in [2.45, 2.75) is 39.5 Å². The predicted molar refractivity (Wildman–Crippen MR) is 84.8 cm³/mol. The molecule has 1 heterocycles. The number of likely N-dealkylation sites (tertiary alicyclic amines) is 1. The highest BCUT2D eigenvalue weighted by Crippen LogP contribution is 2.48. The molecule has 2 amide bonds. The lowest BCUT2D eigenvalue weighted by atomic mass is 9.81. The predicted octanol–water partition coefficient (Wildman–Crippen LogP) is 1.61. The summed E-state index contributed by atoms with van der Waals surface area (Å²) in [7, 11) is 0. The zero-order chi connectivity index (χ0) is 16.2. The minimum absolute atomic E-state index is 0.109. The number of fused-ring (bicyclic) bond motifs is 1. The molecule has 2 aliphatic rings. The molecule has 0 aromatic carbocycles. The van der Waals surface area contributed by atoms with Crippen LogP contribution in [0.5, 0.6) is 0 Å². The van der Waals surface area contributed by atoms with Crippen molar-refractivity contribution < 1.29 is 14.7 Å². The summed E-state index contributed by atoms with van der Waals surface area (Å²) < 4.78 is 0. The Hall–Kier alpha value is -1.30. The lowest BCUT2D eigenvalue weighted by Gasteiger charge is -2.24. The third kappa shape index (κ3) is 3.37. The highest BCUT2D eigenvalue weighted by molar-refractivity contribution is 5.80. The molecule has 1 aliphatic carbocycles. The second-order valence-electron chi connectivity index (χ2n) is 6.60. The summed E-state index contributed by atoms with van der Waals surface area (Å²) in [6, 6.07) is -0.109. The Morgan fingerprint density at radius 2 is 2.14 bits per heavy atom. The van der Waals surface area contributed by atoms with Gasteiger partial charge in [-0.15, -0.1) is 0 Å². The van der Waals surface area contributed by atoms with Gasteiger partial charge in [-0.1, -0.05) is 20.3 Å². The van der Waals surface area contributed by atoms with Crippen LogP contribution in [0, 0.1) is 11.3 Å². The van der Waals surface area contributed by atoms with Crippen LogP contribution in [0.4, 0.5) is 4.79 Å². The van der Waals surface area contributed by atoms with Gasteiger partial charge in [-0.25, -0.2) is 4.79 Å². The minimum atomic E-state index is -0.731. The van der Waals surface area contributed by atoms with Gasteiger partial charge in [-0.3, -0.25) is 4.79 Å². The Morgan fingerprint density at radius 3 is 2.73 bits per heavy atom. The number of nitrogens with one attached hydrogen (secondary N) is 1. The highest BCUT2D eigenvalue weighted by atomic mass is 16.4. The second-order valence-corrected chi connectivity index (χ2v) is 6.60. The normalized spacial score (nSPS) is 27.2. The zero-order valence-corrected chi connectivity index (χ0v) is 13.8. The number of carbonyl (C=O) groups is 2. The average molecular weight is 311 g/mol. The largest absolute Gasteiger partial charge is 0.481 e. The van der Waals surface area contributed by atoms with Crippen LogP contribution in [0.3, 0.4) is 0 Å². The summed E-state index contributed by atoms with van der Waals surface area (Å²) in [5, 5.41) is 12.5. The number of amides is 2. The molecule has 6 nitrogen and oxygen atoms in total. The topological polar surface area (TPSA) is 72.9 Å². The minimum Gasteiger partial charge on any atom is -0.481 e. The molecule has 0 aromatic heterocycles. The Labute approximate surface area is 132 Å². The zero-order valence-electron chi connectivity index (χ0n) is 13.8. The summed E-state index contributed by atoms with van der Waals surface area (Å²) >= 11 is 0. The molecule has 2 fully saturated rings. The first-order valence-corrected chi connectivity index (χ1v) is 8.52. The molecule has 2 N–H and O–H groups in total. The van der Waals surface area contributed by atoms with Crippen LogP contribution in [0.1, 0.15) is 39.5 Å². The van der Waals surface area contributed by atoms with Crippen molar-refractivity contribution in [1.29, 1.82) is 0 Å². The molecule has 22 heavy (non-hydrogen) atoms. The fraction of sp³-hybridized carbons (Fsp3) is 0.875. The number of rotatable bonds is 7. The molecule has 0 spiro atoms. The molecule has 6 heteroatoms. The van der Waals surface area contributed by atoms with Crippen molar-refractivity contribution >= 4 is 12.0 Å². The van der Waals surface area contributed by atoms with Gasteiger partial charge in [-0.2, -0.15) is 0 Å². The van der Waals surface area contributed by atoms with Gasteiger partial charge in [0.15, 0.2) is 0 Å². The summed E-state index contributed by atoms with van der Waals surface area (Å²) in [4.78, 5) is 27.9. The van der Waals surface area contributed by atoms with Crippen LogP contribution in [-0.4, -0.2) is 66.2 Å². The molecule has 1 saturated carbocycles. The van der Waals surface area contributed by atoms with Gasteiger partial charge in [0.1, 0.15) is 0 Å². The number of urea groups is 1. The van der Waals surface area contributed by atoms with E-state index in [0.29, 0.717) is 26.1 Å². The lowest BCUT2D eigenvalue weighted by molar-refractivity contribution is -0.149. The van der Waals surface area contributed by atoms with Crippen LogP contribution in [0.25, 0.3) is 0 Å². The number of aliphatic carboxylic acids is 1. The number of hydrogen-bond acceptors (Lipinski definition) is 3. The molecule has 2 atom stereocenters. The highest BCUT2D eigenvalue weighted by Gasteiger charge is 2.55. The summed E-state index contributed by atoms with van der Waals surface area (Å²) in [5.41, 5.74) is -0.686. The number of likely N-dealkylation sites (N-methyl/N-ethyl adjacent to an activating group) is 1. The Bertz CT molecular complexity index is 415. The van der Waals surface area contributed by atoms with Gasteiger partial charge < -0.3 is 20.2 Å². The van der Waals surface area contributed by atoms with E-state index >= 15 is 0 Å². The molecule has 0 radical (unpaired) electrons. The smallest absolute Gasteiger partial charge is 0.317 e. The van der Waals surface area contributed by atoms with Gasteiger partial charge in [0.05, 0.1) is 5.41 Å². The SMILES string of the molecule is CCCN(CC)CCNC(=O)N1C[C@@H]2CCC[C@@]2(C(=O)O)C1. The maximum absolute atomic E-state index is 12.3. The standard InChI is InChI=1S/C16H29N3O3/c1-3-9-18(4-2)10-8-17-15(22)19-11-13-6-5-7-16(13,12-19)14(20)21/h13H,3-12H2,1-2H3,(H,17,22)(H,20,21)/t13-,16+/m0/s1. The Balaban J connectivity index is 1.81. The number of carbonyl (C=O) groups excluding carboxylic acids is 1. The first-order chi connectivity index (χ1) is 10.5. The van der Waals surface area contributed by atoms with Crippen LogP contribution < -0.4 is 5.32 Å². The van der Waals surface area contributed by atoms with Crippen LogP contribution >= 0.6 is 0 Å². The van der Waals surface area contributed by atoms with Crippen LogP contribution in [0.15, 0.2) is 0 Å². The van der Waals surface area contributed by atoms with E-state index in [4.69, 9.17) is 0 Å². The molecule has 2 rings (SSSR count). The molecule has 1 saturated heterocycles. The van der Waals surface area contributed by atoms with Crippen molar-refractivity contribution in [2.24, 2.45) is 11.3 Å². The van der Waals surface area contributed by atoms with Crippen LogP contribution in [0.2, 0.25) is 0 Å². The first-order valence-electron chi connectivity index (χ1n) is 8.52. The average Bonchev–Trinajstić information content (AvgIpc) is 3.04. The fourth-order valence-corrected chi connectivity index (χ4v) is 3.97. The van der Waals surface area contributed by atoms with Crippen LogP contribution in [-0.2, 0) is 4.79 Å². The van der Waals surface area contributed by atoms with Crippen molar-refractivity contribution in [3.05, 3.63) is 0 Å². The van der Waals surface area contributed by atoms with Crippen molar-refractivity contribution in [1.82, 2.24) is 15.1 Å². The van der Waals surface area contributed by atoms with E-state index in [1.807, 2.05) is 0 Å². The molecule has 1 aliphatic heterocycles. The molecular weight excluding hydrogens is 282 g/mol. The number of carboxylic acid groups (broad SMARTS) is 1. The second kappa shape index (κ2) is 7.31. The molecule has 126 valence electrons. The van der Waals surface area contributed by atoms with E-state index in [0.717, 1.165) is 38.9 Å². The fourth-order valence-electron chi connectivity index (χ4n) is 3.97. The Morgan fingerprint density at radius 1 is 1.36 bits per heavy atom. The van der Waals surface area contributed by atoms with Crippen molar-refractivity contribution in [3.63, 3.8) is 0 Å². The maximum atomic E-state index is 12.3. The number of carboxylic acids is 1. The first kappa shape index (κ1) is 17.1. The quantitative estimate of drug-likeness (QED) is 0.749. The summed E-state index contributed by atoms with van der Waals surface area (Å²) in [6.45, 7) is 8.71. The number of hydrogen-bond donors (Lipinski definition) is 2. The van der Waals surface area contributed by atoms with Gasteiger partial charge in [0.2, 0.25) is 0 Å². The third-order valence-electron chi connectivity index (χ3n) is 5.28. The summed E-state index contributed by atoms with van der Waals surface area (Å²) in [6.07, 6.45) is 3.71. The lowest BCUT2D eigenvalue weighted by Crippen LogP contribution is -2.44. The monoisotopic (exact) mass is 311 g/mol. The van der Waals surface area contributed by atoms with Gasteiger partial charge in [0.25, 0.3) is 0 Å². The maximum Gasteiger partial charge on any atom is 0.317 e. The van der Waals surface area contributed by atoms with Crippen molar-refractivity contribution in [2.75, 3.05) is 39.3 Å². The van der Waals surface area contributed by atoms with E-state index in [1.165, 1.54) is 0 Å². The molecule has 0 unspecified atom stereocenters.